The number of halogens is 5. The van der Waals surface area contributed by atoms with Gasteiger partial charge in [0.05, 0.1) is 25.3 Å². The van der Waals surface area contributed by atoms with Gasteiger partial charge in [-0.3, -0.25) is 0 Å². The molecular weight excluding hydrogens is 823 g/mol. The third-order valence-corrected chi connectivity index (χ3v) is 10.4. The van der Waals surface area contributed by atoms with Gasteiger partial charge in [0.2, 0.25) is 4.73 Å². The summed E-state index contributed by atoms with van der Waals surface area (Å²) in [6.07, 6.45) is 4.66. The molecule has 3 aromatic heterocycles. The Morgan fingerprint density at radius 3 is 1.85 bits per heavy atom. The first kappa shape index (κ1) is 40.7. The molecule has 2 fully saturated rings. The van der Waals surface area contributed by atoms with Gasteiger partial charge in [-0.1, -0.05) is 23.2 Å². The van der Waals surface area contributed by atoms with Crippen molar-refractivity contribution in [1.29, 1.82) is 0 Å². The van der Waals surface area contributed by atoms with Crippen LogP contribution in [0.2, 0.25) is 10.0 Å². The lowest BCUT2D eigenvalue weighted by molar-refractivity contribution is 0.0971. The summed E-state index contributed by atoms with van der Waals surface area (Å²) in [4.78, 5) is 19.9. The van der Waals surface area contributed by atoms with Gasteiger partial charge in [0.25, 0.3) is 0 Å². The van der Waals surface area contributed by atoms with Crippen LogP contribution in [-0.4, -0.2) is 79.0 Å². The topological polar surface area (TPSA) is 127 Å². The van der Waals surface area contributed by atoms with E-state index in [4.69, 9.17) is 52.2 Å². The normalized spacial score (nSPS) is 18.8. The Morgan fingerprint density at radius 1 is 0.782 bits per heavy atom. The van der Waals surface area contributed by atoms with Crippen LogP contribution >= 0.6 is 39.1 Å². The summed E-state index contributed by atoms with van der Waals surface area (Å²) < 4.78 is 52.7. The fourth-order valence-electron chi connectivity index (χ4n) is 6.85. The molecule has 55 heavy (non-hydrogen) atoms. The van der Waals surface area contributed by atoms with Crippen molar-refractivity contribution in [1.82, 2.24) is 39.5 Å². The minimum absolute atomic E-state index is 0.0675. The zero-order valence-corrected chi connectivity index (χ0v) is 34.1. The molecule has 0 amide bonds. The second kappa shape index (κ2) is 18.3. The molecule has 0 N–H and O–H groups in total. The minimum atomic E-state index is -0.483. The summed E-state index contributed by atoms with van der Waals surface area (Å²) >= 11 is 15.0. The number of aryl methyl sites for hydroxylation is 1. The van der Waals surface area contributed by atoms with Crippen LogP contribution in [0.4, 0.5) is 14.6 Å². The molecule has 1 aliphatic carbocycles. The zero-order chi connectivity index (χ0) is 39.2. The third kappa shape index (κ3) is 10.9. The van der Waals surface area contributed by atoms with Crippen LogP contribution in [0.1, 0.15) is 38.2 Å². The molecule has 3 unspecified atom stereocenters. The van der Waals surface area contributed by atoms with Crippen LogP contribution < -0.4 is 14.4 Å². The summed E-state index contributed by atoms with van der Waals surface area (Å²) in [6.45, 7) is 8.71. The second-order valence-electron chi connectivity index (χ2n) is 13.7. The molecule has 7 rings (SSSR count). The fraction of sp³-hybridized carbons (Fsp3) is 0.459. The van der Waals surface area contributed by atoms with Crippen LogP contribution in [0, 0.1) is 36.3 Å². The number of hydrogen-bond acceptors (Lipinski definition) is 11. The fourth-order valence-corrected chi connectivity index (χ4v) is 7.62. The summed E-state index contributed by atoms with van der Waals surface area (Å²) in [5.41, 5.74) is 0.983. The lowest BCUT2D eigenvalue weighted by Gasteiger charge is -2.38. The smallest absolute Gasteiger partial charge is 0.321 e. The Hall–Kier alpha value is -3.96. The quantitative estimate of drug-likeness (QED) is 0.113. The van der Waals surface area contributed by atoms with E-state index in [1.807, 2.05) is 20.8 Å². The molecule has 1 aliphatic heterocycles. The lowest BCUT2D eigenvalue weighted by Crippen LogP contribution is -2.43. The van der Waals surface area contributed by atoms with Gasteiger partial charge in [-0.25, -0.2) is 28.1 Å². The lowest BCUT2D eigenvalue weighted by atomic mass is 9.82. The van der Waals surface area contributed by atoms with E-state index < -0.39 is 11.6 Å². The van der Waals surface area contributed by atoms with Gasteiger partial charge in [-0.05, 0) is 91.6 Å². The molecule has 18 heteroatoms. The second-order valence-corrected chi connectivity index (χ2v) is 15.3. The molecule has 1 saturated carbocycles. The van der Waals surface area contributed by atoms with Crippen LogP contribution in [0.15, 0.2) is 53.5 Å². The monoisotopic (exact) mass is 863 g/mol. The van der Waals surface area contributed by atoms with Crippen LogP contribution in [0.25, 0.3) is 0 Å². The molecule has 1 saturated heterocycles. The van der Waals surface area contributed by atoms with Gasteiger partial charge in [-0.2, -0.15) is 15.1 Å². The standard InChI is InChI=1S/C25H30ClFN6O2.C12H12BrClFN3O2/c1-15-6-24(29-14-28-15)32-12-17-4-5-18(13-32)22(17)10-23-30-25(33(31-23)11-16(2)34-3)35-21-8-19(26)7-20(27)9-21;1-7(19-2)6-18-12(16-11(13)17-18)20-10-4-8(14)3-9(15)5-10/h6-9,14,16-18,22H,4-5,10-13H2,1-3H3;3-5,7H,6H2,1-2H3/t16?,17-,18+,22?;. The van der Waals surface area contributed by atoms with Crippen molar-refractivity contribution in [3.8, 4) is 23.5 Å². The van der Waals surface area contributed by atoms with E-state index in [1.165, 1.54) is 47.9 Å². The van der Waals surface area contributed by atoms with Gasteiger partial charge >= 0.3 is 12.0 Å². The van der Waals surface area contributed by atoms with E-state index in [-0.39, 0.29) is 39.8 Å². The molecule has 2 bridgehead atoms. The predicted octanol–water partition coefficient (Wildman–Crippen LogP) is 8.36. The molecule has 4 heterocycles. The largest absolute Gasteiger partial charge is 0.424 e. The van der Waals surface area contributed by atoms with Crippen molar-refractivity contribution >= 4 is 44.9 Å². The Labute approximate surface area is 336 Å². The molecule has 5 atom stereocenters. The Bertz CT molecular complexity index is 2020. The highest BCUT2D eigenvalue weighted by atomic mass is 79.9. The first-order chi connectivity index (χ1) is 26.3. The number of benzene rings is 2. The minimum Gasteiger partial charge on any atom is -0.424 e. The average molecular weight is 866 g/mol. The van der Waals surface area contributed by atoms with E-state index in [1.54, 1.807) is 31.3 Å². The van der Waals surface area contributed by atoms with Crippen LogP contribution in [0.5, 0.6) is 23.5 Å². The van der Waals surface area contributed by atoms with Gasteiger partial charge in [0.15, 0.2) is 5.82 Å². The van der Waals surface area contributed by atoms with Crippen molar-refractivity contribution in [2.75, 3.05) is 32.2 Å². The Kier molecular flexibility index (Phi) is 13.6. The summed E-state index contributed by atoms with van der Waals surface area (Å²) in [5, 5.41) is 9.40. The van der Waals surface area contributed by atoms with E-state index in [9.17, 15) is 8.78 Å². The van der Waals surface area contributed by atoms with Gasteiger partial charge in [-0.15, -0.1) is 5.10 Å². The number of ether oxygens (including phenoxy) is 4. The molecule has 0 spiro atoms. The van der Waals surface area contributed by atoms with Crippen molar-refractivity contribution < 1.29 is 27.7 Å². The number of rotatable bonds is 13. The Balaban J connectivity index is 0.000000219. The first-order valence-electron chi connectivity index (χ1n) is 17.8. The number of hydrogen-bond donors (Lipinski definition) is 0. The summed E-state index contributed by atoms with van der Waals surface area (Å²) in [6, 6.07) is 10.6. The first-order valence-corrected chi connectivity index (χ1v) is 19.3. The number of methoxy groups -OCH3 is 2. The summed E-state index contributed by atoms with van der Waals surface area (Å²) in [5.74, 6) is 2.94. The Morgan fingerprint density at radius 2 is 1.33 bits per heavy atom. The van der Waals surface area contributed by atoms with Crippen molar-refractivity contribution in [2.24, 2.45) is 17.8 Å². The maximum atomic E-state index is 13.8. The maximum absolute atomic E-state index is 13.8. The van der Waals surface area contributed by atoms with Crippen molar-refractivity contribution in [3.05, 3.63) is 86.7 Å². The summed E-state index contributed by atoms with van der Waals surface area (Å²) in [7, 11) is 3.25. The number of fused-ring (bicyclic) bond motifs is 2. The highest BCUT2D eigenvalue weighted by Crippen LogP contribution is 2.44. The maximum Gasteiger partial charge on any atom is 0.321 e. The van der Waals surface area contributed by atoms with Crippen molar-refractivity contribution in [3.63, 3.8) is 0 Å². The molecule has 2 aliphatic rings. The van der Waals surface area contributed by atoms with Crippen molar-refractivity contribution in [2.45, 2.75) is 65.3 Å². The molecule has 294 valence electrons. The van der Waals surface area contributed by atoms with E-state index in [2.05, 4.69) is 46.9 Å². The highest BCUT2D eigenvalue weighted by Gasteiger charge is 2.43. The predicted molar refractivity (Wildman–Crippen MR) is 206 cm³/mol. The molecule has 13 nitrogen and oxygen atoms in total. The molecule has 2 aromatic carbocycles. The average Bonchev–Trinajstić information content (AvgIpc) is 3.73. The van der Waals surface area contributed by atoms with Gasteiger partial charge in [0.1, 0.15) is 35.3 Å². The SMILES string of the molecule is COC(C)Cn1nc(Br)nc1Oc1cc(F)cc(Cl)c1.COC(C)Cn1nc(CC2[C@@H]3CC[C@H]2CN(c2cc(C)ncn2)C3)nc1Oc1cc(F)cc(Cl)c1. The van der Waals surface area contributed by atoms with Gasteiger partial charge < -0.3 is 23.8 Å². The van der Waals surface area contributed by atoms with Gasteiger partial charge in [0, 0.05) is 67.7 Å². The van der Waals surface area contributed by atoms with Crippen LogP contribution in [-0.2, 0) is 29.0 Å². The van der Waals surface area contributed by atoms with E-state index in [0.29, 0.717) is 41.6 Å². The number of anilines is 1. The third-order valence-electron chi connectivity index (χ3n) is 9.61. The number of aromatic nitrogens is 8. The zero-order valence-electron chi connectivity index (χ0n) is 31.0. The number of nitrogens with zero attached hydrogens (tertiary/aromatic N) is 9. The number of piperidine rings is 1. The van der Waals surface area contributed by atoms with E-state index in [0.717, 1.165) is 36.8 Å². The molecule has 0 radical (unpaired) electrons. The molecule has 5 aromatic rings. The van der Waals surface area contributed by atoms with Crippen LogP contribution in [0.3, 0.4) is 0 Å². The molecular formula is C37H42BrCl2F2N9O4. The van der Waals surface area contributed by atoms with E-state index >= 15 is 0 Å². The highest BCUT2D eigenvalue weighted by molar-refractivity contribution is 9.10.